The van der Waals surface area contributed by atoms with Gasteiger partial charge in [-0.2, -0.15) is 5.10 Å². The standard InChI is InChI=1S/C31H39FN4O3/c1-4-24-18-28(30(37)35-16-8-6-7-9-20(35)3)33-29-19-27(34-36(24)29)25-15-14-23(17-26(25)32)21-10-12-22(13-11-21)31(38)39-5-2/h10,14-15,17,19-20,22,24H,4-9,11-13,16,18H2,1-3H3/t20-,22?,24?/m1/s1. The lowest BCUT2D eigenvalue weighted by molar-refractivity contribution is -0.148. The number of hydrogen-bond acceptors (Lipinski definition) is 5. The summed E-state index contributed by atoms with van der Waals surface area (Å²) < 4.78 is 22.4. The maximum Gasteiger partial charge on any atom is 0.309 e. The average molecular weight is 535 g/mol. The summed E-state index contributed by atoms with van der Waals surface area (Å²) in [6, 6.07) is 7.27. The maximum atomic E-state index is 15.4. The highest BCUT2D eigenvalue weighted by molar-refractivity contribution is 6.39. The first-order valence-electron chi connectivity index (χ1n) is 14.5. The van der Waals surface area contributed by atoms with Crippen LogP contribution in [0.1, 0.15) is 90.2 Å². The number of nitrogens with zero attached hydrogens (tertiary/aromatic N) is 4. The highest BCUT2D eigenvalue weighted by Gasteiger charge is 2.32. The minimum absolute atomic E-state index is 0.00885. The molecular formula is C31H39FN4O3. The van der Waals surface area contributed by atoms with E-state index < -0.39 is 0 Å². The molecule has 1 aromatic heterocycles. The molecule has 0 spiro atoms. The quantitative estimate of drug-likeness (QED) is 0.389. The first kappa shape index (κ1) is 27.3. The van der Waals surface area contributed by atoms with E-state index in [-0.39, 0.29) is 35.7 Å². The summed E-state index contributed by atoms with van der Waals surface area (Å²) in [5.41, 5.74) is 3.39. The fourth-order valence-corrected chi connectivity index (χ4v) is 6.05. The molecule has 2 aromatic rings. The number of aromatic nitrogens is 2. The van der Waals surface area contributed by atoms with Gasteiger partial charge in [-0.05, 0) is 75.6 Å². The third kappa shape index (κ3) is 5.70. The third-order valence-corrected chi connectivity index (χ3v) is 8.42. The zero-order chi connectivity index (χ0) is 27.5. The summed E-state index contributed by atoms with van der Waals surface area (Å²) >= 11 is 0. The van der Waals surface area contributed by atoms with Gasteiger partial charge in [-0.25, -0.2) is 14.1 Å². The number of fused-ring (bicyclic) bond motifs is 1. The van der Waals surface area contributed by atoms with Crippen molar-refractivity contribution in [2.45, 2.75) is 90.6 Å². The second kappa shape index (κ2) is 11.8. The van der Waals surface area contributed by atoms with Crippen molar-refractivity contribution in [2.75, 3.05) is 13.2 Å². The number of rotatable bonds is 6. The topological polar surface area (TPSA) is 76.8 Å². The van der Waals surface area contributed by atoms with Gasteiger partial charge in [-0.3, -0.25) is 9.59 Å². The van der Waals surface area contributed by atoms with Crippen molar-refractivity contribution in [2.24, 2.45) is 10.9 Å². The Morgan fingerprint density at radius 3 is 2.69 bits per heavy atom. The van der Waals surface area contributed by atoms with E-state index >= 15 is 4.39 Å². The lowest BCUT2D eigenvalue weighted by Crippen LogP contribution is -2.43. The van der Waals surface area contributed by atoms with Gasteiger partial charge in [0.1, 0.15) is 11.5 Å². The molecule has 5 rings (SSSR count). The number of likely N-dealkylation sites (tertiary alicyclic amines) is 1. The predicted octanol–water partition coefficient (Wildman–Crippen LogP) is 6.65. The zero-order valence-corrected chi connectivity index (χ0v) is 23.3. The van der Waals surface area contributed by atoms with Crippen LogP contribution in [0.3, 0.4) is 0 Å². The SMILES string of the molecule is CCOC(=O)C1CC=C(c2ccc(-c3cc4n(n3)C(CC)CC(C(=O)N3CCCCC[C@H]3C)=N4)c(F)c2)CC1. The lowest BCUT2D eigenvalue weighted by atomic mass is 9.86. The van der Waals surface area contributed by atoms with Crippen molar-refractivity contribution in [3.63, 3.8) is 0 Å². The molecule has 0 saturated carbocycles. The van der Waals surface area contributed by atoms with Crippen LogP contribution in [0.25, 0.3) is 16.8 Å². The smallest absolute Gasteiger partial charge is 0.309 e. The van der Waals surface area contributed by atoms with Gasteiger partial charge < -0.3 is 9.64 Å². The van der Waals surface area contributed by atoms with Crippen molar-refractivity contribution in [3.05, 3.63) is 41.7 Å². The summed E-state index contributed by atoms with van der Waals surface area (Å²) in [5.74, 6) is 0.0109. The van der Waals surface area contributed by atoms with Gasteiger partial charge in [0.05, 0.1) is 24.3 Å². The number of aliphatic imine (C=N–C) groups is 1. The van der Waals surface area contributed by atoms with E-state index in [0.717, 1.165) is 49.8 Å². The van der Waals surface area contributed by atoms with E-state index in [1.807, 2.05) is 28.6 Å². The molecule has 3 aliphatic rings. The second-order valence-corrected chi connectivity index (χ2v) is 11.0. The summed E-state index contributed by atoms with van der Waals surface area (Å²) in [7, 11) is 0. The Bertz CT molecular complexity index is 1300. The largest absolute Gasteiger partial charge is 0.466 e. The van der Waals surface area contributed by atoms with Crippen molar-refractivity contribution >= 4 is 29.0 Å². The van der Waals surface area contributed by atoms with E-state index in [9.17, 15) is 9.59 Å². The number of allylic oxidation sites excluding steroid dienone is 2. The molecular weight excluding hydrogens is 495 g/mol. The summed E-state index contributed by atoms with van der Waals surface area (Å²) in [6.45, 7) is 7.18. The van der Waals surface area contributed by atoms with E-state index in [1.165, 1.54) is 0 Å². The summed E-state index contributed by atoms with van der Waals surface area (Å²) in [6.07, 6.45) is 9.75. The van der Waals surface area contributed by atoms with Gasteiger partial charge in [-0.15, -0.1) is 0 Å². The first-order valence-corrected chi connectivity index (χ1v) is 14.5. The number of benzene rings is 1. The molecule has 0 bridgehead atoms. The Morgan fingerprint density at radius 2 is 1.97 bits per heavy atom. The van der Waals surface area contributed by atoms with Crippen LogP contribution in [0.15, 0.2) is 35.3 Å². The molecule has 0 N–H and O–H groups in total. The van der Waals surface area contributed by atoms with Crippen molar-refractivity contribution in [3.8, 4) is 11.3 Å². The Kier molecular flexibility index (Phi) is 8.29. The van der Waals surface area contributed by atoms with Gasteiger partial charge in [0.15, 0.2) is 5.82 Å². The van der Waals surface area contributed by atoms with Crippen LogP contribution in [-0.4, -0.2) is 51.5 Å². The number of amides is 1. The second-order valence-electron chi connectivity index (χ2n) is 11.0. The van der Waals surface area contributed by atoms with Crippen LogP contribution in [0.5, 0.6) is 0 Å². The van der Waals surface area contributed by atoms with Crippen LogP contribution in [0.4, 0.5) is 10.2 Å². The summed E-state index contributed by atoms with van der Waals surface area (Å²) in [5, 5.41) is 4.74. The number of esters is 1. The lowest BCUT2D eigenvalue weighted by Gasteiger charge is -2.30. The van der Waals surface area contributed by atoms with Gasteiger partial charge in [0, 0.05) is 30.6 Å². The molecule has 3 atom stereocenters. The van der Waals surface area contributed by atoms with Crippen LogP contribution < -0.4 is 0 Å². The highest BCUT2D eigenvalue weighted by Crippen LogP contribution is 2.36. The third-order valence-electron chi connectivity index (χ3n) is 8.42. The van der Waals surface area contributed by atoms with Gasteiger partial charge >= 0.3 is 5.97 Å². The number of carbonyl (C=O) groups is 2. The molecule has 1 aromatic carbocycles. The normalized spacial score (nSPS) is 23.4. The predicted molar refractivity (Wildman–Crippen MR) is 150 cm³/mol. The van der Waals surface area contributed by atoms with Crippen molar-refractivity contribution < 1.29 is 18.7 Å². The summed E-state index contributed by atoms with van der Waals surface area (Å²) in [4.78, 5) is 32.2. The van der Waals surface area contributed by atoms with E-state index in [1.54, 1.807) is 18.2 Å². The molecule has 1 aliphatic carbocycles. The number of halogens is 1. The molecule has 0 radical (unpaired) electrons. The Balaban J connectivity index is 1.37. The fraction of sp³-hybridized carbons (Fsp3) is 0.548. The first-order chi connectivity index (χ1) is 18.9. The molecule has 39 heavy (non-hydrogen) atoms. The molecule has 7 nitrogen and oxygen atoms in total. The van der Waals surface area contributed by atoms with Crippen molar-refractivity contribution in [1.82, 2.24) is 14.7 Å². The van der Waals surface area contributed by atoms with E-state index in [4.69, 9.17) is 14.8 Å². The minimum atomic E-state index is -0.344. The van der Waals surface area contributed by atoms with E-state index in [0.29, 0.717) is 55.1 Å². The number of carbonyl (C=O) groups excluding carboxylic acids is 2. The van der Waals surface area contributed by atoms with Gasteiger partial charge in [0.2, 0.25) is 0 Å². The molecule has 1 saturated heterocycles. The Labute approximate surface area is 230 Å². The zero-order valence-electron chi connectivity index (χ0n) is 23.3. The molecule has 1 amide bonds. The maximum absolute atomic E-state index is 15.4. The average Bonchev–Trinajstić information content (AvgIpc) is 3.26. The molecule has 3 heterocycles. The highest BCUT2D eigenvalue weighted by atomic mass is 19.1. The fourth-order valence-electron chi connectivity index (χ4n) is 6.05. The number of hydrogen-bond donors (Lipinski definition) is 0. The van der Waals surface area contributed by atoms with Crippen LogP contribution >= 0.6 is 0 Å². The monoisotopic (exact) mass is 534 g/mol. The number of ether oxygens (including phenoxy) is 1. The van der Waals surface area contributed by atoms with Gasteiger partial charge in [-0.1, -0.05) is 31.9 Å². The minimum Gasteiger partial charge on any atom is -0.466 e. The Hall–Kier alpha value is -3.29. The van der Waals surface area contributed by atoms with Crippen LogP contribution in [0.2, 0.25) is 0 Å². The molecule has 1 fully saturated rings. The molecule has 2 unspecified atom stereocenters. The molecule has 8 heteroatoms. The van der Waals surface area contributed by atoms with Gasteiger partial charge in [0.25, 0.3) is 5.91 Å². The van der Waals surface area contributed by atoms with Crippen LogP contribution in [-0.2, 0) is 14.3 Å². The van der Waals surface area contributed by atoms with E-state index in [2.05, 4.69) is 13.8 Å². The van der Waals surface area contributed by atoms with Crippen molar-refractivity contribution in [1.29, 1.82) is 0 Å². The Morgan fingerprint density at radius 1 is 1.13 bits per heavy atom. The van der Waals surface area contributed by atoms with Crippen LogP contribution in [0, 0.1) is 11.7 Å². The molecule has 2 aliphatic heterocycles. The molecule has 208 valence electrons.